The number of Topliss-reactive ketones (excluding diaryl/α,β-unsaturated/α-hetero) is 1. The Morgan fingerprint density at radius 3 is 2.40 bits per heavy atom. The first-order valence-electron chi connectivity index (χ1n) is 4.51. The van der Waals surface area contributed by atoms with Crippen LogP contribution in [0, 0.1) is 11.7 Å². The summed E-state index contributed by atoms with van der Waals surface area (Å²) in [6.07, 6.45) is 0. The van der Waals surface area contributed by atoms with Crippen molar-refractivity contribution in [1.29, 1.82) is 0 Å². The van der Waals surface area contributed by atoms with Gasteiger partial charge in [0.2, 0.25) is 0 Å². The third-order valence-corrected chi connectivity index (χ3v) is 2.01. The number of rotatable bonds is 3. The Bertz CT molecular complexity index is 410. The Morgan fingerprint density at radius 2 is 1.93 bits per heavy atom. The second-order valence-electron chi connectivity index (χ2n) is 3.49. The molecule has 4 heteroatoms. The second kappa shape index (κ2) is 4.21. The minimum Gasteiger partial charge on any atom is -0.478 e. The van der Waals surface area contributed by atoms with Crippen molar-refractivity contribution in [2.45, 2.75) is 13.8 Å². The summed E-state index contributed by atoms with van der Waals surface area (Å²) in [5.74, 6) is -3.00. The fourth-order valence-electron chi connectivity index (χ4n) is 1.24. The molecular weight excluding hydrogens is 199 g/mol. The number of benzene rings is 1. The quantitative estimate of drug-likeness (QED) is 0.779. The van der Waals surface area contributed by atoms with Gasteiger partial charge < -0.3 is 5.11 Å². The number of aromatic carboxylic acids is 1. The minimum absolute atomic E-state index is 0.284. The van der Waals surface area contributed by atoms with Crippen molar-refractivity contribution in [1.82, 2.24) is 0 Å². The van der Waals surface area contributed by atoms with E-state index in [4.69, 9.17) is 5.11 Å². The zero-order chi connectivity index (χ0) is 11.6. The molecule has 0 unspecified atom stereocenters. The lowest BCUT2D eigenvalue weighted by Crippen LogP contribution is -2.15. The van der Waals surface area contributed by atoms with Crippen LogP contribution in [-0.4, -0.2) is 16.9 Å². The summed E-state index contributed by atoms with van der Waals surface area (Å²) in [5.41, 5.74) is -0.617. The first kappa shape index (κ1) is 11.4. The van der Waals surface area contributed by atoms with Crippen LogP contribution in [0.1, 0.15) is 34.6 Å². The Hall–Kier alpha value is -1.71. The fourth-order valence-corrected chi connectivity index (χ4v) is 1.24. The summed E-state index contributed by atoms with van der Waals surface area (Å²) in [5, 5.41) is 8.80. The molecule has 80 valence electrons. The number of halogens is 1. The molecule has 0 fully saturated rings. The summed E-state index contributed by atoms with van der Waals surface area (Å²) in [4.78, 5) is 22.4. The lowest BCUT2D eigenvalue weighted by atomic mass is 9.96. The van der Waals surface area contributed by atoms with Gasteiger partial charge in [0.15, 0.2) is 5.78 Å². The predicted octanol–water partition coefficient (Wildman–Crippen LogP) is 2.36. The summed E-state index contributed by atoms with van der Waals surface area (Å²) in [7, 11) is 0. The molecule has 1 rings (SSSR count). The average Bonchev–Trinajstić information content (AvgIpc) is 2.16. The average molecular weight is 210 g/mol. The molecule has 3 nitrogen and oxygen atoms in total. The summed E-state index contributed by atoms with van der Waals surface area (Å²) in [6, 6.07) is 3.58. The maximum atomic E-state index is 13.3. The summed E-state index contributed by atoms with van der Waals surface area (Å²) >= 11 is 0. The van der Waals surface area contributed by atoms with E-state index in [1.54, 1.807) is 13.8 Å². The Kier molecular flexibility index (Phi) is 3.19. The number of carbonyl (C=O) groups is 2. The van der Waals surface area contributed by atoms with E-state index in [0.717, 1.165) is 6.07 Å². The fraction of sp³-hybridized carbons (Fsp3) is 0.273. The molecule has 0 spiro atoms. The van der Waals surface area contributed by atoms with Crippen molar-refractivity contribution < 1.29 is 19.1 Å². The minimum atomic E-state index is -1.29. The Labute approximate surface area is 86.5 Å². The van der Waals surface area contributed by atoms with Crippen LogP contribution in [0.15, 0.2) is 18.2 Å². The molecule has 1 aromatic rings. The predicted molar refractivity (Wildman–Crippen MR) is 52.5 cm³/mol. The van der Waals surface area contributed by atoms with Crippen molar-refractivity contribution >= 4 is 11.8 Å². The molecule has 0 aliphatic heterocycles. The number of carboxylic acids is 1. The van der Waals surface area contributed by atoms with Gasteiger partial charge in [-0.3, -0.25) is 4.79 Å². The molecular formula is C11H11FO3. The highest BCUT2D eigenvalue weighted by molar-refractivity contribution is 6.06. The molecule has 1 N–H and O–H groups in total. The standard InChI is InChI=1S/C11H11FO3/c1-6(2)10(13)9-7(11(14)15)4-3-5-8(9)12/h3-6H,1-2H3,(H,14,15). The van der Waals surface area contributed by atoms with Crippen molar-refractivity contribution in [2.75, 3.05) is 0 Å². The molecule has 0 amide bonds. The van der Waals surface area contributed by atoms with Crippen LogP contribution in [0.4, 0.5) is 4.39 Å². The van der Waals surface area contributed by atoms with Crippen LogP contribution in [0.3, 0.4) is 0 Å². The molecule has 1 aromatic carbocycles. The number of ketones is 1. The number of hydrogen-bond donors (Lipinski definition) is 1. The van der Waals surface area contributed by atoms with Gasteiger partial charge in [-0.15, -0.1) is 0 Å². The van der Waals surface area contributed by atoms with Gasteiger partial charge in [-0.2, -0.15) is 0 Å². The van der Waals surface area contributed by atoms with E-state index in [-0.39, 0.29) is 11.1 Å². The van der Waals surface area contributed by atoms with Crippen molar-refractivity contribution in [3.63, 3.8) is 0 Å². The molecule has 0 aliphatic rings. The van der Waals surface area contributed by atoms with E-state index in [9.17, 15) is 14.0 Å². The molecule has 0 aliphatic carbocycles. The van der Waals surface area contributed by atoms with Crippen LogP contribution in [0.25, 0.3) is 0 Å². The Balaban J connectivity index is 3.37. The normalized spacial score (nSPS) is 10.4. The third-order valence-electron chi connectivity index (χ3n) is 2.01. The van der Waals surface area contributed by atoms with Crippen LogP contribution >= 0.6 is 0 Å². The topological polar surface area (TPSA) is 54.4 Å². The third kappa shape index (κ3) is 2.21. The molecule has 0 saturated carbocycles. The van der Waals surface area contributed by atoms with Crippen LogP contribution in [0.2, 0.25) is 0 Å². The van der Waals surface area contributed by atoms with E-state index in [2.05, 4.69) is 0 Å². The van der Waals surface area contributed by atoms with Gasteiger partial charge in [0, 0.05) is 5.92 Å². The first-order chi connectivity index (χ1) is 6.95. The van der Waals surface area contributed by atoms with Gasteiger partial charge in [-0.25, -0.2) is 9.18 Å². The molecule has 0 radical (unpaired) electrons. The van der Waals surface area contributed by atoms with Gasteiger partial charge >= 0.3 is 5.97 Å². The van der Waals surface area contributed by atoms with Crippen LogP contribution in [-0.2, 0) is 0 Å². The molecule has 15 heavy (non-hydrogen) atoms. The largest absolute Gasteiger partial charge is 0.478 e. The number of carboxylic acid groups (broad SMARTS) is 1. The zero-order valence-electron chi connectivity index (χ0n) is 8.45. The van der Waals surface area contributed by atoms with Crippen molar-refractivity contribution in [3.8, 4) is 0 Å². The lowest BCUT2D eigenvalue weighted by molar-refractivity contribution is 0.0689. The van der Waals surface area contributed by atoms with Gasteiger partial charge in [0.25, 0.3) is 0 Å². The summed E-state index contributed by atoms with van der Waals surface area (Å²) in [6.45, 7) is 3.20. The van der Waals surface area contributed by atoms with E-state index in [1.165, 1.54) is 12.1 Å². The lowest BCUT2D eigenvalue weighted by Gasteiger charge is -2.08. The van der Waals surface area contributed by atoms with Gasteiger partial charge in [0.1, 0.15) is 5.82 Å². The van der Waals surface area contributed by atoms with Crippen LogP contribution in [0.5, 0.6) is 0 Å². The van der Waals surface area contributed by atoms with Crippen molar-refractivity contribution in [2.24, 2.45) is 5.92 Å². The second-order valence-corrected chi connectivity index (χ2v) is 3.49. The molecule has 0 aromatic heterocycles. The first-order valence-corrected chi connectivity index (χ1v) is 4.51. The zero-order valence-corrected chi connectivity index (χ0v) is 8.45. The highest BCUT2D eigenvalue weighted by Crippen LogP contribution is 2.17. The smallest absolute Gasteiger partial charge is 0.336 e. The van der Waals surface area contributed by atoms with E-state index in [1.807, 2.05) is 0 Å². The SMILES string of the molecule is CC(C)C(=O)c1c(F)cccc1C(=O)O. The maximum absolute atomic E-state index is 13.3. The Morgan fingerprint density at radius 1 is 1.33 bits per heavy atom. The molecule has 0 heterocycles. The molecule has 0 bridgehead atoms. The number of hydrogen-bond acceptors (Lipinski definition) is 2. The summed E-state index contributed by atoms with van der Waals surface area (Å²) < 4.78 is 13.3. The van der Waals surface area contributed by atoms with E-state index >= 15 is 0 Å². The highest BCUT2D eigenvalue weighted by atomic mass is 19.1. The maximum Gasteiger partial charge on any atom is 0.336 e. The van der Waals surface area contributed by atoms with Crippen LogP contribution < -0.4 is 0 Å². The molecule has 0 saturated heterocycles. The van der Waals surface area contributed by atoms with E-state index in [0.29, 0.717) is 0 Å². The number of carbonyl (C=O) groups excluding carboxylic acids is 1. The van der Waals surface area contributed by atoms with Gasteiger partial charge in [0.05, 0.1) is 11.1 Å². The van der Waals surface area contributed by atoms with Gasteiger partial charge in [-0.1, -0.05) is 19.9 Å². The van der Waals surface area contributed by atoms with E-state index < -0.39 is 23.5 Å². The van der Waals surface area contributed by atoms with Crippen molar-refractivity contribution in [3.05, 3.63) is 35.1 Å². The van der Waals surface area contributed by atoms with Gasteiger partial charge in [-0.05, 0) is 12.1 Å². The highest BCUT2D eigenvalue weighted by Gasteiger charge is 2.22. The monoisotopic (exact) mass is 210 g/mol. The molecule has 0 atom stereocenters.